The number of amides is 1. The predicted molar refractivity (Wildman–Crippen MR) is 121 cm³/mol. The Kier molecular flexibility index (Phi) is 5.25. The molecular weight excluding hydrogens is 425 g/mol. The maximum absolute atomic E-state index is 13.8. The van der Waals surface area contributed by atoms with Crippen molar-refractivity contribution in [3.63, 3.8) is 0 Å². The Bertz CT molecular complexity index is 1330. The number of alkyl halides is 1. The van der Waals surface area contributed by atoms with Gasteiger partial charge in [0.2, 0.25) is 5.95 Å². The Morgan fingerprint density at radius 3 is 2.88 bits per heavy atom. The first-order valence-corrected chi connectivity index (χ1v) is 10.6. The molecule has 5 rings (SSSR count). The quantitative estimate of drug-likeness (QED) is 0.482. The van der Waals surface area contributed by atoms with Crippen LogP contribution in [0.5, 0.6) is 0 Å². The molecule has 0 aromatic carbocycles. The summed E-state index contributed by atoms with van der Waals surface area (Å²) in [6.07, 6.45) is 6.76. The zero-order valence-corrected chi connectivity index (χ0v) is 18.5. The monoisotopic (exact) mass is 449 g/mol. The van der Waals surface area contributed by atoms with E-state index < -0.39 is 6.17 Å². The van der Waals surface area contributed by atoms with Crippen LogP contribution in [0.1, 0.15) is 34.3 Å². The number of rotatable bonds is 5. The van der Waals surface area contributed by atoms with E-state index >= 15 is 0 Å². The largest absolute Gasteiger partial charge is 0.354 e. The third-order valence-corrected chi connectivity index (χ3v) is 5.88. The number of nitrogens with zero attached hydrogens (tertiary/aromatic N) is 7. The molecule has 1 amide bonds. The summed E-state index contributed by atoms with van der Waals surface area (Å²) in [5, 5.41) is 10.2. The molecule has 33 heavy (non-hydrogen) atoms. The minimum atomic E-state index is -0.820. The van der Waals surface area contributed by atoms with E-state index in [1.165, 1.54) is 0 Å². The van der Waals surface area contributed by atoms with Gasteiger partial charge in [0.15, 0.2) is 11.5 Å². The van der Waals surface area contributed by atoms with E-state index in [1.54, 1.807) is 30.2 Å². The maximum atomic E-state index is 13.8. The maximum Gasteiger partial charge on any atom is 0.271 e. The summed E-state index contributed by atoms with van der Waals surface area (Å²) in [5.74, 6) is 1.43. The fourth-order valence-corrected chi connectivity index (χ4v) is 4.23. The minimum Gasteiger partial charge on any atom is -0.354 e. The van der Waals surface area contributed by atoms with Gasteiger partial charge in [-0.2, -0.15) is 10.1 Å². The number of halogens is 1. The van der Waals surface area contributed by atoms with Gasteiger partial charge in [-0.1, -0.05) is 0 Å². The zero-order chi connectivity index (χ0) is 23.1. The highest BCUT2D eigenvalue weighted by Crippen LogP contribution is 2.32. The van der Waals surface area contributed by atoms with Crippen molar-refractivity contribution in [3.05, 3.63) is 60.1 Å². The summed E-state index contributed by atoms with van der Waals surface area (Å²) in [4.78, 5) is 27.4. The molecule has 4 aromatic rings. The Morgan fingerprint density at radius 2 is 2.12 bits per heavy atom. The van der Waals surface area contributed by atoms with Gasteiger partial charge in [0.05, 0.1) is 11.7 Å². The molecule has 0 radical (unpaired) electrons. The van der Waals surface area contributed by atoms with Crippen molar-refractivity contribution in [2.45, 2.75) is 25.6 Å². The number of carbonyl (C=O) groups is 1. The second-order valence-corrected chi connectivity index (χ2v) is 8.13. The molecule has 0 saturated carbocycles. The van der Waals surface area contributed by atoms with Gasteiger partial charge in [-0.15, -0.1) is 0 Å². The lowest BCUT2D eigenvalue weighted by atomic mass is 10.1. The minimum absolute atomic E-state index is 0.00791. The van der Waals surface area contributed by atoms with E-state index in [0.717, 1.165) is 11.4 Å². The third-order valence-electron chi connectivity index (χ3n) is 5.88. The van der Waals surface area contributed by atoms with Crippen LogP contribution in [0.25, 0.3) is 11.3 Å². The second-order valence-electron chi connectivity index (χ2n) is 8.13. The highest BCUT2D eigenvalue weighted by molar-refractivity contribution is 5.99. The van der Waals surface area contributed by atoms with Crippen LogP contribution in [0, 0.1) is 6.92 Å². The molecule has 1 aliphatic rings. The lowest BCUT2D eigenvalue weighted by Gasteiger charge is -2.16. The smallest absolute Gasteiger partial charge is 0.271 e. The Labute approximate surface area is 189 Å². The van der Waals surface area contributed by atoms with E-state index in [0.29, 0.717) is 41.6 Å². The molecule has 1 aliphatic heterocycles. The normalized spacial score (nSPS) is 18.7. The number of aryl methyl sites for hydroxylation is 1. The molecule has 11 heteroatoms. The molecule has 2 atom stereocenters. The van der Waals surface area contributed by atoms with E-state index in [-0.39, 0.29) is 11.9 Å². The highest BCUT2D eigenvalue weighted by atomic mass is 19.1. The molecule has 2 N–H and O–H groups in total. The molecule has 1 fully saturated rings. The van der Waals surface area contributed by atoms with E-state index in [1.807, 2.05) is 47.8 Å². The number of aromatic nitrogens is 6. The Hall–Kier alpha value is -3.86. The standard InChI is InChI=1S/C22H24FN9O/c1-13-27-20(21(33)24-2)18-9-16(5-7-31(13)18)28-22-25-6-4-19(29-22)32-11-14(10-26-32)17-8-15(23)12-30(17)3/h4-7,9-11,15,17H,8,12H2,1-3H3,(H,24,33)(H,25,28,29)/t15-,17+/m1/s1. The van der Waals surface area contributed by atoms with Crippen molar-refractivity contribution >= 4 is 23.1 Å². The van der Waals surface area contributed by atoms with Crippen molar-refractivity contribution in [1.29, 1.82) is 0 Å². The average molecular weight is 449 g/mol. The SMILES string of the molecule is CNC(=O)c1nc(C)n2ccc(Nc3nccc(-n4cc([C@@H]5C[C@@H](F)CN5C)cn4)n3)cc12. The summed E-state index contributed by atoms with van der Waals surface area (Å²) in [7, 11) is 3.49. The highest BCUT2D eigenvalue weighted by Gasteiger charge is 2.31. The number of likely N-dealkylation sites (tertiary alicyclic amines) is 1. The number of hydrogen-bond acceptors (Lipinski definition) is 7. The molecule has 10 nitrogen and oxygen atoms in total. The van der Waals surface area contributed by atoms with Crippen molar-refractivity contribution in [2.75, 3.05) is 26.0 Å². The fourth-order valence-electron chi connectivity index (χ4n) is 4.23. The molecule has 0 aliphatic carbocycles. The van der Waals surface area contributed by atoms with Crippen LogP contribution in [0.2, 0.25) is 0 Å². The fraction of sp³-hybridized carbons (Fsp3) is 0.318. The van der Waals surface area contributed by atoms with Gasteiger partial charge in [-0.3, -0.25) is 9.69 Å². The van der Waals surface area contributed by atoms with Crippen molar-refractivity contribution < 1.29 is 9.18 Å². The molecular formula is C22H24FN9O. The molecule has 170 valence electrons. The molecule has 0 unspecified atom stereocenters. The first-order chi connectivity index (χ1) is 15.9. The summed E-state index contributed by atoms with van der Waals surface area (Å²) in [6.45, 7) is 2.27. The number of nitrogens with one attached hydrogen (secondary N) is 2. The number of anilines is 2. The van der Waals surface area contributed by atoms with Crippen LogP contribution >= 0.6 is 0 Å². The molecule has 5 heterocycles. The van der Waals surface area contributed by atoms with Gasteiger partial charge in [0.1, 0.15) is 12.0 Å². The van der Waals surface area contributed by atoms with Gasteiger partial charge in [0, 0.05) is 55.5 Å². The van der Waals surface area contributed by atoms with Crippen LogP contribution in [0.4, 0.5) is 16.0 Å². The van der Waals surface area contributed by atoms with E-state index in [9.17, 15) is 9.18 Å². The first-order valence-electron chi connectivity index (χ1n) is 10.6. The molecule has 0 bridgehead atoms. The summed E-state index contributed by atoms with van der Waals surface area (Å²) >= 11 is 0. The number of hydrogen-bond donors (Lipinski definition) is 2. The van der Waals surface area contributed by atoms with E-state index in [4.69, 9.17) is 0 Å². The van der Waals surface area contributed by atoms with Gasteiger partial charge in [-0.25, -0.2) is 19.0 Å². The third kappa shape index (κ3) is 3.91. The number of pyridine rings is 1. The van der Waals surface area contributed by atoms with Crippen LogP contribution in [-0.4, -0.2) is 66.8 Å². The first kappa shape index (κ1) is 21.0. The van der Waals surface area contributed by atoms with Crippen molar-refractivity contribution in [2.24, 2.45) is 0 Å². The topological polar surface area (TPSA) is 105 Å². The van der Waals surface area contributed by atoms with Gasteiger partial charge < -0.3 is 15.0 Å². The van der Waals surface area contributed by atoms with Crippen LogP contribution in [-0.2, 0) is 0 Å². The number of carbonyl (C=O) groups excluding carboxylic acids is 1. The Morgan fingerprint density at radius 1 is 1.27 bits per heavy atom. The van der Waals surface area contributed by atoms with Crippen LogP contribution < -0.4 is 10.6 Å². The molecule has 1 saturated heterocycles. The van der Waals surface area contributed by atoms with Crippen molar-refractivity contribution in [3.8, 4) is 5.82 Å². The molecule has 0 spiro atoms. The average Bonchev–Trinajstić information content (AvgIpc) is 3.51. The number of imidazole rings is 1. The zero-order valence-electron chi connectivity index (χ0n) is 18.5. The van der Waals surface area contributed by atoms with Crippen LogP contribution in [0.15, 0.2) is 43.0 Å². The summed E-state index contributed by atoms with van der Waals surface area (Å²) in [5.41, 5.74) is 2.70. The second kappa shape index (κ2) is 8.24. The van der Waals surface area contributed by atoms with Crippen molar-refractivity contribution in [1.82, 2.24) is 39.3 Å². The van der Waals surface area contributed by atoms with Gasteiger partial charge in [-0.05, 0) is 32.5 Å². The molecule has 4 aromatic heterocycles. The van der Waals surface area contributed by atoms with Gasteiger partial charge in [0.25, 0.3) is 5.91 Å². The Balaban J connectivity index is 1.40. The van der Waals surface area contributed by atoms with E-state index in [2.05, 4.69) is 30.7 Å². The predicted octanol–water partition coefficient (Wildman–Crippen LogP) is 2.44. The van der Waals surface area contributed by atoms with Crippen LogP contribution in [0.3, 0.4) is 0 Å². The summed E-state index contributed by atoms with van der Waals surface area (Å²) < 4.78 is 17.3. The lowest BCUT2D eigenvalue weighted by Crippen LogP contribution is -2.18. The summed E-state index contributed by atoms with van der Waals surface area (Å²) in [6, 6.07) is 5.45. The number of fused-ring (bicyclic) bond motifs is 1. The van der Waals surface area contributed by atoms with Gasteiger partial charge >= 0.3 is 0 Å². The lowest BCUT2D eigenvalue weighted by molar-refractivity contribution is 0.0960.